The number of rotatable bonds is 17. The fourth-order valence-electron chi connectivity index (χ4n) is 5.64. The first-order chi connectivity index (χ1) is 25.4. The molecule has 15 nitrogen and oxygen atoms in total. The van der Waals surface area contributed by atoms with Gasteiger partial charge in [0.1, 0.15) is 24.0 Å². The van der Waals surface area contributed by atoms with Crippen molar-refractivity contribution in [2.45, 2.75) is 104 Å². The van der Waals surface area contributed by atoms with Gasteiger partial charge in [0.2, 0.25) is 12.4 Å². The third-order valence-electron chi connectivity index (χ3n) is 7.94. The molecule has 0 amide bonds. The lowest BCUT2D eigenvalue weighted by molar-refractivity contribution is -0.288. The Kier molecular flexibility index (Phi) is 14.8. The summed E-state index contributed by atoms with van der Waals surface area (Å²) in [6.45, 7) is 6.38. The summed E-state index contributed by atoms with van der Waals surface area (Å²) in [7, 11) is 0. The van der Waals surface area contributed by atoms with Gasteiger partial charge < -0.3 is 42.3 Å². The number of carbonyl (C=O) groups is 5. The van der Waals surface area contributed by atoms with Gasteiger partial charge in [-0.2, -0.15) is 0 Å². The number of unbranched alkanes of at least 4 members (excludes halogenated alkanes) is 5. The van der Waals surface area contributed by atoms with Gasteiger partial charge in [0.15, 0.2) is 18.0 Å². The Balaban J connectivity index is 1.70. The number of benzene rings is 2. The second kappa shape index (κ2) is 19.4. The molecule has 0 spiro atoms. The average molecular weight is 741 g/mol. The van der Waals surface area contributed by atoms with Gasteiger partial charge in [0, 0.05) is 33.8 Å². The number of esters is 5. The minimum absolute atomic E-state index is 0.00654. The topological polar surface area (TPSA) is 189 Å². The van der Waals surface area contributed by atoms with E-state index in [1.54, 1.807) is 30.3 Å². The molecule has 0 unspecified atom stereocenters. The van der Waals surface area contributed by atoms with E-state index in [0.29, 0.717) is 6.42 Å². The predicted octanol–water partition coefficient (Wildman–Crippen LogP) is 5.21. The van der Waals surface area contributed by atoms with E-state index in [1.807, 2.05) is 0 Å². The molecule has 1 saturated heterocycles. The van der Waals surface area contributed by atoms with Crippen LogP contribution in [0.4, 0.5) is 0 Å². The van der Waals surface area contributed by atoms with Crippen LogP contribution in [0, 0.1) is 0 Å². The van der Waals surface area contributed by atoms with Gasteiger partial charge in [0.25, 0.3) is 5.75 Å². The Morgan fingerprint density at radius 3 is 2.02 bits per heavy atom. The molecule has 0 aliphatic carbocycles. The second-order valence-corrected chi connectivity index (χ2v) is 12.3. The number of hydrogen-bond donors (Lipinski definition) is 0. The summed E-state index contributed by atoms with van der Waals surface area (Å²) in [5.74, 6) is -4.26. The number of hydrogen-bond acceptors (Lipinski definition) is 15. The first kappa shape index (κ1) is 40.3. The van der Waals surface area contributed by atoms with E-state index in [-0.39, 0.29) is 34.6 Å². The molecule has 0 saturated carbocycles. The molecular formula is C38H44O15. The summed E-state index contributed by atoms with van der Waals surface area (Å²) in [5.41, 5.74) is -0.804. The Morgan fingerprint density at radius 1 is 0.717 bits per heavy atom. The summed E-state index contributed by atoms with van der Waals surface area (Å²) < 4.78 is 50.8. The van der Waals surface area contributed by atoms with Crippen molar-refractivity contribution >= 4 is 40.8 Å². The lowest BCUT2D eigenvalue weighted by atomic mass is 9.98. The van der Waals surface area contributed by atoms with Gasteiger partial charge >= 0.3 is 35.5 Å². The van der Waals surface area contributed by atoms with Crippen molar-refractivity contribution in [3.8, 4) is 17.2 Å². The molecule has 2 aromatic carbocycles. The number of carbonyl (C=O) groups excluding carboxylic acids is 5. The highest BCUT2D eigenvalue weighted by Gasteiger charge is 2.53. The lowest BCUT2D eigenvalue weighted by Gasteiger charge is -2.43. The maximum Gasteiger partial charge on any atom is 0.383 e. The molecule has 3 aromatic rings. The zero-order valence-electron chi connectivity index (χ0n) is 30.3. The molecule has 1 fully saturated rings. The summed E-state index contributed by atoms with van der Waals surface area (Å²) >= 11 is 0. The van der Waals surface area contributed by atoms with Crippen molar-refractivity contribution in [3.05, 3.63) is 64.5 Å². The lowest BCUT2D eigenvalue weighted by Crippen LogP contribution is -2.63. The molecule has 53 heavy (non-hydrogen) atoms. The first-order valence-corrected chi connectivity index (χ1v) is 17.4. The highest BCUT2D eigenvalue weighted by atomic mass is 16.7. The van der Waals surface area contributed by atoms with Crippen LogP contribution in [0.5, 0.6) is 17.2 Å². The SMILES string of the molecule is CCCCCCCCOc1c(OC(=O)c2ccccc2)c(=O)oc2cc(O[C@@H]3O[C@H](COC(C)=O)[C@H](OC(C)=O)[C@H](OC(C)=O)[C@H]3OC(C)=O)ccc12. The summed E-state index contributed by atoms with van der Waals surface area (Å²) in [6.07, 6.45) is -1.17. The molecule has 2 heterocycles. The highest BCUT2D eigenvalue weighted by molar-refractivity contribution is 5.93. The van der Waals surface area contributed by atoms with Crippen molar-refractivity contribution in [2.75, 3.05) is 13.2 Å². The summed E-state index contributed by atoms with van der Waals surface area (Å²) in [6, 6.07) is 12.4. The van der Waals surface area contributed by atoms with Crippen molar-refractivity contribution in [2.24, 2.45) is 0 Å². The molecule has 1 aromatic heterocycles. The largest absolute Gasteiger partial charge is 0.489 e. The normalized spacial score (nSPS) is 19.5. The van der Waals surface area contributed by atoms with E-state index in [0.717, 1.165) is 59.8 Å². The van der Waals surface area contributed by atoms with Crippen LogP contribution in [-0.2, 0) is 42.9 Å². The molecule has 5 atom stereocenters. The number of ether oxygens (including phenoxy) is 8. The molecule has 286 valence electrons. The molecular weight excluding hydrogens is 696 g/mol. The Bertz CT molecular complexity index is 1800. The van der Waals surface area contributed by atoms with Crippen LogP contribution in [-0.4, -0.2) is 73.8 Å². The van der Waals surface area contributed by atoms with Crippen LogP contribution in [0.25, 0.3) is 11.0 Å². The van der Waals surface area contributed by atoms with Crippen molar-refractivity contribution in [3.63, 3.8) is 0 Å². The quantitative estimate of drug-likeness (QED) is 0.0758. The standard InChI is InChI=1S/C38H44O15/c1-6-7-8-9-10-14-19-45-31-28-18-17-27(20-29(28)51-37(44)34(31)53-36(43)26-15-12-11-13-16-26)50-38-35(49-25(5)42)33(48-24(4)41)32(47-23(3)40)30(52-38)21-46-22(2)39/h11-13,15-18,20,30,32-33,35,38H,6-10,14,19,21H2,1-5H3/t30-,32+,33+,35-,38-/m1/s1. The molecule has 0 N–H and O–H groups in total. The van der Waals surface area contributed by atoms with E-state index < -0.39 is 78.5 Å². The van der Waals surface area contributed by atoms with Gasteiger partial charge in [-0.1, -0.05) is 57.2 Å². The van der Waals surface area contributed by atoms with Crippen molar-refractivity contribution < 1.29 is 66.3 Å². The zero-order chi connectivity index (χ0) is 38.5. The molecule has 1 aliphatic rings. The Morgan fingerprint density at radius 2 is 1.36 bits per heavy atom. The van der Waals surface area contributed by atoms with E-state index >= 15 is 0 Å². The summed E-state index contributed by atoms with van der Waals surface area (Å²) in [4.78, 5) is 74.5. The molecule has 0 radical (unpaired) electrons. The maximum absolute atomic E-state index is 13.4. The molecule has 0 bridgehead atoms. The average Bonchev–Trinajstić information content (AvgIpc) is 3.10. The van der Waals surface area contributed by atoms with Gasteiger partial charge in [0.05, 0.1) is 17.6 Å². The van der Waals surface area contributed by atoms with Gasteiger partial charge in [-0.3, -0.25) is 19.2 Å². The fourth-order valence-corrected chi connectivity index (χ4v) is 5.64. The van der Waals surface area contributed by atoms with Crippen molar-refractivity contribution in [1.82, 2.24) is 0 Å². The van der Waals surface area contributed by atoms with E-state index in [9.17, 15) is 28.8 Å². The zero-order valence-corrected chi connectivity index (χ0v) is 30.3. The molecule has 15 heteroatoms. The minimum Gasteiger partial charge on any atom is -0.489 e. The smallest absolute Gasteiger partial charge is 0.383 e. The van der Waals surface area contributed by atoms with E-state index in [1.165, 1.54) is 18.2 Å². The maximum atomic E-state index is 13.4. The van der Waals surface area contributed by atoms with Crippen LogP contribution in [0.1, 0.15) is 83.5 Å². The molecule has 1 aliphatic heterocycles. The van der Waals surface area contributed by atoms with Gasteiger partial charge in [-0.05, 0) is 30.7 Å². The van der Waals surface area contributed by atoms with E-state index in [2.05, 4.69) is 6.92 Å². The third-order valence-corrected chi connectivity index (χ3v) is 7.94. The first-order valence-electron chi connectivity index (χ1n) is 17.4. The summed E-state index contributed by atoms with van der Waals surface area (Å²) in [5, 5.41) is 0.278. The van der Waals surface area contributed by atoms with Gasteiger partial charge in [-0.25, -0.2) is 9.59 Å². The fraction of sp³-hybridized carbons (Fsp3) is 0.474. The van der Waals surface area contributed by atoms with Gasteiger partial charge in [-0.15, -0.1) is 0 Å². The third kappa shape index (κ3) is 11.5. The highest BCUT2D eigenvalue weighted by Crippen LogP contribution is 2.37. The van der Waals surface area contributed by atoms with E-state index in [4.69, 9.17) is 42.3 Å². The second-order valence-electron chi connectivity index (χ2n) is 12.3. The van der Waals surface area contributed by atoms with Crippen LogP contribution in [0.3, 0.4) is 0 Å². The van der Waals surface area contributed by atoms with Crippen molar-refractivity contribution in [1.29, 1.82) is 0 Å². The monoisotopic (exact) mass is 740 g/mol. The Hall–Kier alpha value is -5.44. The van der Waals surface area contributed by atoms with Crippen LogP contribution in [0.2, 0.25) is 0 Å². The van der Waals surface area contributed by atoms with Crippen LogP contribution < -0.4 is 19.8 Å². The number of fused-ring (bicyclic) bond motifs is 1. The Labute approximate surface area is 305 Å². The van der Waals surface area contributed by atoms with Crippen LogP contribution in [0.15, 0.2) is 57.7 Å². The molecule has 4 rings (SSSR count). The van der Waals surface area contributed by atoms with Crippen LogP contribution >= 0.6 is 0 Å². The minimum atomic E-state index is -1.53. The predicted molar refractivity (Wildman–Crippen MR) is 185 cm³/mol.